The predicted octanol–water partition coefficient (Wildman–Crippen LogP) is 19.6. The predicted molar refractivity (Wildman–Crippen MR) is 264 cm³/mol. The second kappa shape index (κ2) is 40.7. The van der Waals surface area contributed by atoms with Gasteiger partial charge in [-0.3, -0.25) is 9.59 Å². The van der Waals surface area contributed by atoms with Gasteiger partial charge in [0.05, 0.1) is 0 Å². The first-order valence-electron chi connectivity index (χ1n) is 27.7. The van der Waals surface area contributed by atoms with Crippen LogP contribution in [-0.4, -0.2) is 22.6 Å². The maximum atomic E-state index is 14.8. The van der Waals surface area contributed by atoms with Crippen LogP contribution < -0.4 is 0 Å². The molecule has 0 spiro atoms. The SMILES string of the molecule is CCCCCCCC(CCCCCC)(CCCCCC)C(CCCCCC)(CCCCCC)C(CCCCCC)(CCCCCC)OC(=O)CCCCCCCCC(=O)O. The summed E-state index contributed by atoms with van der Waals surface area (Å²) in [5.41, 5.74) is -0.243. The van der Waals surface area contributed by atoms with Gasteiger partial charge in [0, 0.05) is 18.3 Å². The highest BCUT2D eigenvalue weighted by atomic mass is 16.6. The van der Waals surface area contributed by atoms with Crippen LogP contribution in [0.5, 0.6) is 0 Å². The Kier molecular flexibility index (Phi) is 40.0. The van der Waals surface area contributed by atoms with E-state index in [1.807, 2.05) is 0 Å². The summed E-state index contributed by atoms with van der Waals surface area (Å²) in [4.78, 5) is 25.8. The summed E-state index contributed by atoms with van der Waals surface area (Å²) in [7, 11) is 0. The lowest BCUT2D eigenvalue weighted by atomic mass is 9.45. The van der Waals surface area contributed by atoms with Crippen molar-refractivity contribution in [2.75, 3.05) is 0 Å². The summed E-state index contributed by atoms with van der Waals surface area (Å²) in [6.07, 6.45) is 52.4. The summed E-state index contributed by atoms with van der Waals surface area (Å²) in [6, 6.07) is 0. The molecule has 0 unspecified atom stereocenters. The molecule has 4 nitrogen and oxygen atoms in total. The van der Waals surface area contributed by atoms with Gasteiger partial charge in [0.1, 0.15) is 5.60 Å². The molecule has 0 aromatic carbocycles. The summed E-state index contributed by atoms with van der Waals surface area (Å²) in [5.74, 6) is -0.605. The Balaban J connectivity index is 7.82. The van der Waals surface area contributed by atoms with Gasteiger partial charge in [-0.25, -0.2) is 0 Å². The van der Waals surface area contributed by atoms with Crippen molar-refractivity contribution in [3.63, 3.8) is 0 Å². The molecule has 0 aromatic heterocycles. The van der Waals surface area contributed by atoms with Crippen LogP contribution in [-0.2, 0) is 14.3 Å². The third-order valence-electron chi connectivity index (χ3n) is 14.8. The van der Waals surface area contributed by atoms with E-state index in [9.17, 15) is 9.59 Å². The van der Waals surface area contributed by atoms with Gasteiger partial charge in [-0.15, -0.1) is 0 Å². The highest BCUT2D eigenvalue weighted by molar-refractivity contribution is 5.70. The molecule has 0 rings (SSSR count). The van der Waals surface area contributed by atoms with E-state index < -0.39 is 11.6 Å². The number of hydrogen-bond donors (Lipinski definition) is 1. The highest BCUT2D eigenvalue weighted by Crippen LogP contribution is 2.65. The fraction of sp³-hybridized carbons (Fsp3) is 0.964. The van der Waals surface area contributed by atoms with E-state index in [1.165, 1.54) is 218 Å². The molecule has 4 heteroatoms. The van der Waals surface area contributed by atoms with Crippen molar-refractivity contribution in [2.45, 2.75) is 337 Å². The zero-order valence-electron chi connectivity index (χ0n) is 42.3. The lowest BCUT2D eigenvalue weighted by molar-refractivity contribution is -0.218. The average Bonchev–Trinajstić information content (AvgIpc) is 3.24. The van der Waals surface area contributed by atoms with Gasteiger partial charge in [0.2, 0.25) is 0 Å². The molecule has 0 bridgehead atoms. The fourth-order valence-corrected chi connectivity index (χ4v) is 11.2. The van der Waals surface area contributed by atoms with Gasteiger partial charge in [0.25, 0.3) is 0 Å². The number of carbonyl (C=O) groups excluding carboxylic acids is 1. The maximum absolute atomic E-state index is 14.8. The molecule has 0 aromatic rings. The Morgan fingerprint density at radius 1 is 0.333 bits per heavy atom. The zero-order valence-corrected chi connectivity index (χ0v) is 42.3. The Morgan fingerprint density at radius 2 is 0.600 bits per heavy atom. The molecule has 358 valence electrons. The van der Waals surface area contributed by atoms with Crippen LogP contribution >= 0.6 is 0 Å². The molecule has 0 saturated carbocycles. The Labute approximate surface area is 377 Å². The fourth-order valence-electron chi connectivity index (χ4n) is 11.2. The van der Waals surface area contributed by atoms with Crippen molar-refractivity contribution in [1.29, 1.82) is 0 Å². The second-order valence-electron chi connectivity index (χ2n) is 19.9. The Morgan fingerprint density at radius 3 is 0.950 bits per heavy atom. The average molecular weight is 847 g/mol. The summed E-state index contributed by atoms with van der Waals surface area (Å²) < 4.78 is 7.65. The lowest BCUT2D eigenvalue weighted by Crippen LogP contribution is -2.60. The molecular weight excluding hydrogens is 737 g/mol. The molecule has 0 amide bonds. The summed E-state index contributed by atoms with van der Waals surface area (Å²) in [5, 5.41) is 9.07. The number of unbranched alkanes of at least 4 members (excludes halogenated alkanes) is 27. The first kappa shape index (κ1) is 58.9. The molecule has 0 aliphatic heterocycles. The van der Waals surface area contributed by atoms with E-state index in [-0.39, 0.29) is 23.2 Å². The van der Waals surface area contributed by atoms with Crippen LogP contribution in [0.1, 0.15) is 331 Å². The Hall–Kier alpha value is -1.06. The third-order valence-corrected chi connectivity index (χ3v) is 14.8. The number of ether oxygens (including phenoxy) is 1. The van der Waals surface area contributed by atoms with E-state index in [1.54, 1.807) is 0 Å². The molecule has 0 saturated heterocycles. The minimum atomic E-state index is -0.695. The first-order valence-corrected chi connectivity index (χ1v) is 27.7. The summed E-state index contributed by atoms with van der Waals surface area (Å²) >= 11 is 0. The van der Waals surface area contributed by atoms with Crippen molar-refractivity contribution < 1.29 is 19.4 Å². The van der Waals surface area contributed by atoms with Crippen LogP contribution in [0.2, 0.25) is 0 Å². The molecule has 0 aliphatic rings. The van der Waals surface area contributed by atoms with Crippen LogP contribution in [0.3, 0.4) is 0 Å². The molecule has 0 heterocycles. The van der Waals surface area contributed by atoms with E-state index >= 15 is 0 Å². The van der Waals surface area contributed by atoms with Crippen LogP contribution in [0.15, 0.2) is 0 Å². The standard InChI is InChI=1S/C56H110O4/c1-8-15-22-33-38-47-54(45-36-23-16-9-2,46-37-24-17-10-3)55(48-39-25-18-11-4,49-40-26-19-12-5)56(50-41-27-20-13-6,51-42-28-21-14-7)60-53(59)44-35-32-30-29-31-34-43-52(57)58/h8-51H2,1-7H3,(H,57,58). The first-order chi connectivity index (χ1) is 29.2. The van der Waals surface area contributed by atoms with Gasteiger partial charge < -0.3 is 9.84 Å². The van der Waals surface area contributed by atoms with Gasteiger partial charge in [0.15, 0.2) is 0 Å². The van der Waals surface area contributed by atoms with E-state index in [4.69, 9.17) is 9.84 Å². The number of hydrogen-bond acceptors (Lipinski definition) is 3. The van der Waals surface area contributed by atoms with Crippen molar-refractivity contribution >= 4 is 11.9 Å². The van der Waals surface area contributed by atoms with E-state index in [0.29, 0.717) is 6.42 Å². The number of esters is 1. The van der Waals surface area contributed by atoms with Gasteiger partial charge in [-0.05, 0) is 76.0 Å². The lowest BCUT2D eigenvalue weighted by Gasteiger charge is -2.62. The molecule has 0 fully saturated rings. The van der Waals surface area contributed by atoms with Gasteiger partial charge >= 0.3 is 11.9 Å². The third kappa shape index (κ3) is 25.9. The molecular formula is C56H110O4. The number of carboxylic acid groups (broad SMARTS) is 1. The van der Waals surface area contributed by atoms with Crippen LogP contribution in [0, 0.1) is 10.8 Å². The molecule has 60 heavy (non-hydrogen) atoms. The normalized spacial score (nSPS) is 12.4. The van der Waals surface area contributed by atoms with Crippen molar-refractivity contribution in [1.82, 2.24) is 0 Å². The zero-order chi connectivity index (χ0) is 44.5. The number of aliphatic carboxylic acids is 1. The van der Waals surface area contributed by atoms with Gasteiger partial charge in [-0.2, -0.15) is 0 Å². The quantitative estimate of drug-likeness (QED) is 0.0489. The van der Waals surface area contributed by atoms with Crippen molar-refractivity contribution in [3.8, 4) is 0 Å². The minimum absolute atomic E-state index is 0.0110. The highest BCUT2D eigenvalue weighted by Gasteiger charge is 2.62. The smallest absolute Gasteiger partial charge is 0.306 e. The van der Waals surface area contributed by atoms with E-state index in [0.717, 1.165) is 51.4 Å². The van der Waals surface area contributed by atoms with E-state index in [2.05, 4.69) is 48.5 Å². The number of carboxylic acids is 1. The molecule has 0 radical (unpaired) electrons. The largest absolute Gasteiger partial charge is 0.481 e. The van der Waals surface area contributed by atoms with Crippen LogP contribution in [0.25, 0.3) is 0 Å². The summed E-state index contributed by atoms with van der Waals surface area (Å²) in [6.45, 7) is 16.5. The second-order valence-corrected chi connectivity index (χ2v) is 19.9. The molecule has 0 aliphatic carbocycles. The molecule has 1 N–H and O–H groups in total. The minimum Gasteiger partial charge on any atom is -0.481 e. The Bertz CT molecular complexity index is 906. The monoisotopic (exact) mass is 847 g/mol. The van der Waals surface area contributed by atoms with Gasteiger partial charge in [-0.1, -0.05) is 248 Å². The molecule has 0 atom stereocenters. The number of carbonyl (C=O) groups is 2. The van der Waals surface area contributed by atoms with Crippen molar-refractivity contribution in [2.24, 2.45) is 10.8 Å². The topological polar surface area (TPSA) is 63.6 Å². The van der Waals surface area contributed by atoms with Crippen molar-refractivity contribution in [3.05, 3.63) is 0 Å². The van der Waals surface area contributed by atoms with Crippen LogP contribution in [0.4, 0.5) is 0 Å². The number of rotatable bonds is 48. The maximum Gasteiger partial charge on any atom is 0.306 e.